The fraction of sp³-hybridized carbons (Fsp3) is 0.500. The number of hydrogen-bond acceptors (Lipinski definition) is 2. The number of thioether (sulfide) groups is 1. The van der Waals surface area contributed by atoms with Gasteiger partial charge in [0.05, 0.1) is 0 Å². The number of aliphatic carboxylic acids is 1. The molecule has 1 atom stereocenters. The first-order valence-electron chi connectivity index (χ1n) is 4.44. The van der Waals surface area contributed by atoms with Crippen LogP contribution < -0.4 is 0 Å². The van der Waals surface area contributed by atoms with Crippen molar-refractivity contribution in [1.82, 2.24) is 0 Å². The Morgan fingerprint density at radius 3 is 2.92 bits per heavy atom. The number of allylic oxidation sites excluding steroid dienone is 3. The Morgan fingerprint density at radius 2 is 2.31 bits per heavy atom. The van der Waals surface area contributed by atoms with Gasteiger partial charge in [-0.15, -0.1) is 0 Å². The summed E-state index contributed by atoms with van der Waals surface area (Å²) in [6.07, 6.45) is 9.21. The highest BCUT2D eigenvalue weighted by Crippen LogP contribution is 2.23. The van der Waals surface area contributed by atoms with Crippen LogP contribution in [-0.2, 0) is 4.79 Å². The predicted molar refractivity (Wildman–Crippen MR) is 56.0 cm³/mol. The van der Waals surface area contributed by atoms with Crippen molar-refractivity contribution in [2.45, 2.75) is 12.8 Å². The third-order valence-corrected chi connectivity index (χ3v) is 3.17. The largest absolute Gasteiger partial charge is 0.478 e. The van der Waals surface area contributed by atoms with E-state index in [4.69, 9.17) is 5.11 Å². The van der Waals surface area contributed by atoms with Crippen LogP contribution in [0.15, 0.2) is 24.3 Å². The zero-order valence-corrected chi connectivity index (χ0v) is 8.30. The first-order chi connectivity index (χ1) is 6.29. The summed E-state index contributed by atoms with van der Waals surface area (Å²) in [4.78, 5) is 10.1. The molecule has 0 spiro atoms. The molecule has 0 radical (unpaired) electrons. The van der Waals surface area contributed by atoms with Crippen molar-refractivity contribution in [3.05, 3.63) is 24.3 Å². The summed E-state index contributed by atoms with van der Waals surface area (Å²) in [5.41, 5.74) is 0. The summed E-state index contributed by atoms with van der Waals surface area (Å²) < 4.78 is 0. The molecular weight excluding hydrogens is 184 g/mol. The van der Waals surface area contributed by atoms with E-state index in [0.717, 1.165) is 6.08 Å². The fourth-order valence-corrected chi connectivity index (χ4v) is 2.39. The van der Waals surface area contributed by atoms with Crippen LogP contribution in [0, 0.1) is 5.92 Å². The molecule has 0 amide bonds. The van der Waals surface area contributed by atoms with Gasteiger partial charge in [0.15, 0.2) is 0 Å². The standard InChI is InChI=1S/C10H14O2S/c11-10(12)6-2-1-4-9-5-3-7-13-8-9/h1-2,4,6,9H,3,5,7-8H2,(H,11,12)/b4-1+,6-2-. The molecule has 0 aromatic rings. The van der Waals surface area contributed by atoms with E-state index in [1.54, 1.807) is 6.08 Å². The Labute approximate surface area is 82.7 Å². The van der Waals surface area contributed by atoms with E-state index in [2.05, 4.69) is 6.08 Å². The lowest BCUT2D eigenvalue weighted by atomic mass is 10.1. The molecule has 1 fully saturated rings. The van der Waals surface area contributed by atoms with Crippen LogP contribution in [0.5, 0.6) is 0 Å². The van der Waals surface area contributed by atoms with Gasteiger partial charge in [-0.25, -0.2) is 4.79 Å². The average molecular weight is 198 g/mol. The van der Waals surface area contributed by atoms with Gasteiger partial charge >= 0.3 is 5.97 Å². The van der Waals surface area contributed by atoms with E-state index < -0.39 is 5.97 Å². The molecule has 0 aliphatic carbocycles. The summed E-state index contributed by atoms with van der Waals surface area (Å²) in [5.74, 6) is 2.20. The molecule has 1 aliphatic rings. The van der Waals surface area contributed by atoms with Gasteiger partial charge in [-0.2, -0.15) is 11.8 Å². The average Bonchev–Trinajstić information content (AvgIpc) is 2.14. The van der Waals surface area contributed by atoms with Gasteiger partial charge in [0, 0.05) is 6.08 Å². The van der Waals surface area contributed by atoms with Crippen LogP contribution in [0.1, 0.15) is 12.8 Å². The fourth-order valence-electron chi connectivity index (χ4n) is 1.28. The van der Waals surface area contributed by atoms with Gasteiger partial charge in [0.25, 0.3) is 0 Å². The predicted octanol–water partition coefficient (Wildman–Crippen LogP) is 2.33. The third kappa shape index (κ3) is 4.78. The van der Waals surface area contributed by atoms with Gasteiger partial charge < -0.3 is 5.11 Å². The second kappa shape index (κ2) is 5.86. The molecule has 1 saturated heterocycles. The van der Waals surface area contributed by atoms with Gasteiger partial charge in [-0.05, 0) is 30.3 Å². The van der Waals surface area contributed by atoms with E-state index in [-0.39, 0.29) is 0 Å². The summed E-state index contributed by atoms with van der Waals surface area (Å²) in [5, 5.41) is 8.33. The summed E-state index contributed by atoms with van der Waals surface area (Å²) >= 11 is 1.98. The van der Waals surface area contributed by atoms with Crippen LogP contribution >= 0.6 is 11.8 Å². The van der Waals surface area contributed by atoms with Crippen molar-refractivity contribution in [2.75, 3.05) is 11.5 Å². The highest BCUT2D eigenvalue weighted by Gasteiger charge is 2.09. The second-order valence-corrected chi connectivity index (χ2v) is 4.21. The highest BCUT2D eigenvalue weighted by atomic mass is 32.2. The molecule has 1 heterocycles. The molecule has 0 aromatic carbocycles. The molecule has 0 saturated carbocycles. The van der Waals surface area contributed by atoms with Crippen LogP contribution in [0.4, 0.5) is 0 Å². The maximum atomic E-state index is 10.1. The minimum Gasteiger partial charge on any atom is -0.478 e. The van der Waals surface area contributed by atoms with Crippen LogP contribution in [0.3, 0.4) is 0 Å². The Bertz CT molecular complexity index is 215. The molecule has 1 N–H and O–H groups in total. The number of rotatable bonds is 3. The second-order valence-electron chi connectivity index (χ2n) is 3.06. The molecule has 1 unspecified atom stereocenters. The normalized spacial score (nSPS) is 24.2. The Kier molecular flexibility index (Phi) is 4.68. The van der Waals surface area contributed by atoms with Gasteiger partial charge in [0.2, 0.25) is 0 Å². The first-order valence-corrected chi connectivity index (χ1v) is 5.60. The van der Waals surface area contributed by atoms with E-state index >= 15 is 0 Å². The molecule has 72 valence electrons. The van der Waals surface area contributed by atoms with Crippen molar-refractivity contribution < 1.29 is 9.90 Å². The molecule has 13 heavy (non-hydrogen) atoms. The van der Waals surface area contributed by atoms with E-state index in [9.17, 15) is 4.79 Å². The maximum absolute atomic E-state index is 10.1. The van der Waals surface area contributed by atoms with Crippen molar-refractivity contribution in [2.24, 2.45) is 5.92 Å². The highest BCUT2D eigenvalue weighted by molar-refractivity contribution is 7.99. The molecule has 1 aliphatic heterocycles. The molecule has 0 aromatic heterocycles. The molecule has 1 rings (SSSR count). The van der Waals surface area contributed by atoms with Crippen molar-refractivity contribution >= 4 is 17.7 Å². The molecular formula is C10H14O2S. The maximum Gasteiger partial charge on any atom is 0.328 e. The number of carboxylic acid groups (broad SMARTS) is 1. The smallest absolute Gasteiger partial charge is 0.328 e. The lowest BCUT2D eigenvalue weighted by molar-refractivity contribution is -0.131. The lowest BCUT2D eigenvalue weighted by Crippen LogP contribution is -2.06. The van der Waals surface area contributed by atoms with Crippen molar-refractivity contribution in [1.29, 1.82) is 0 Å². The van der Waals surface area contributed by atoms with Gasteiger partial charge in [0.1, 0.15) is 0 Å². The minimum absolute atomic E-state index is 0.636. The monoisotopic (exact) mass is 198 g/mol. The van der Waals surface area contributed by atoms with E-state index in [1.165, 1.54) is 24.3 Å². The van der Waals surface area contributed by atoms with E-state index in [0.29, 0.717) is 5.92 Å². The number of carboxylic acids is 1. The lowest BCUT2D eigenvalue weighted by Gasteiger charge is -2.16. The van der Waals surface area contributed by atoms with Crippen LogP contribution in [-0.4, -0.2) is 22.6 Å². The first kappa shape index (κ1) is 10.4. The third-order valence-electron chi connectivity index (χ3n) is 1.93. The summed E-state index contributed by atoms with van der Waals surface area (Å²) in [6.45, 7) is 0. The summed E-state index contributed by atoms with van der Waals surface area (Å²) in [7, 11) is 0. The minimum atomic E-state index is -0.886. The quantitative estimate of drug-likeness (QED) is 0.558. The van der Waals surface area contributed by atoms with Crippen LogP contribution in [0.25, 0.3) is 0 Å². The molecule has 2 nitrogen and oxygen atoms in total. The zero-order valence-electron chi connectivity index (χ0n) is 7.48. The molecule has 0 bridgehead atoms. The SMILES string of the molecule is O=C(O)/C=C\C=C\C1CCCSC1. The van der Waals surface area contributed by atoms with Gasteiger partial charge in [-0.3, -0.25) is 0 Å². The Hall–Kier alpha value is -0.700. The van der Waals surface area contributed by atoms with Crippen molar-refractivity contribution in [3.63, 3.8) is 0 Å². The Morgan fingerprint density at radius 1 is 1.46 bits per heavy atom. The summed E-state index contributed by atoms with van der Waals surface area (Å²) in [6, 6.07) is 0. The molecule has 3 heteroatoms. The topological polar surface area (TPSA) is 37.3 Å². The van der Waals surface area contributed by atoms with Crippen LogP contribution in [0.2, 0.25) is 0 Å². The van der Waals surface area contributed by atoms with E-state index in [1.807, 2.05) is 17.8 Å². The zero-order chi connectivity index (χ0) is 9.52. The van der Waals surface area contributed by atoms with Crippen molar-refractivity contribution in [3.8, 4) is 0 Å². The van der Waals surface area contributed by atoms with Gasteiger partial charge in [-0.1, -0.05) is 18.2 Å². The number of carbonyl (C=O) groups is 1. The Balaban J connectivity index is 2.25. The number of hydrogen-bond donors (Lipinski definition) is 1.